The molecule has 1 amide bonds. The standard InChI is InChI=1S/C17H18BrNO3/c1-7-3-8(2)5-9(4-7)19-16(20)12-10-6-11-13(12)17(21)22-15(11)14(10)18/h3-5,10-15H,6H2,1-2H3,(H,19,20)/t10-,11+,12-,13-,14+,15-/m0/s1. The lowest BCUT2D eigenvalue weighted by Crippen LogP contribution is -2.40. The van der Waals surface area contributed by atoms with Gasteiger partial charge in [-0.25, -0.2) is 0 Å². The molecule has 1 aromatic carbocycles. The van der Waals surface area contributed by atoms with E-state index >= 15 is 0 Å². The monoisotopic (exact) mass is 363 g/mol. The number of carbonyl (C=O) groups excluding carboxylic acids is 2. The number of halogens is 1. The second-order valence-electron chi connectivity index (χ2n) is 6.83. The zero-order chi connectivity index (χ0) is 15.6. The van der Waals surface area contributed by atoms with Crippen molar-refractivity contribution in [2.45, 2.75) is 31.2 Å². The lowest BCUT2D eigenvalue weighted by molar-refractivity contribution is -0.145. The van der Waals surface area contributed by atoms with Crippen molar-refractivity contribution in [3.8, 4) is 0 Å². The molecule has 0 aromatic heterocycles. The van der Waals surface area contributed by atoms with Crippen molar-refractivity contribution in [3.05, 3.63) is 29.3 Å². The number of hydrogen-bond donors (Lipinski definition) is 1. The molecule has 1 saturated heterocycles. The minimum Gasteiger partial charge on any atom is -0.461 e. The topological polar surface area (TPSA) is 55.4 Å². The SMILES string of the molecule is Cc1cc(C)cc(NC(=O)[C@H]2[C@@H]3C[C@H]4[C@H](OC(=O)[C@@H]42)[C@@H]3Br)c1. The molecule has 2 saturated carbocycles. The molecule has 3 fully saturated rings. The van der Waals surface area contributed by atoms with Gasteiger partial charge in [0.25, 0.3) is 0 Å². The largest absolute Gasteiger partial charge is 0.461 e. The number of aryl methyl sites for hydroxylation is 2. The molecule has 6 atom stereocenters. The molecular formula is C17H18BrNO3. The van der Waals surface area contributed by atoms with Crippen LogP contribution in [-0.2, 0) is 14.3 Å². The van der Waals surface area contributed by atoms with Crippen molar-refractivity contribution in [3.63, 3.8) is 0 Å². The Morgan fingerprint density at radius 3 is 2.59 bits per heavy atom. The predicted octanol–water partition coefficient (Wildman–Crippen LogP) is 2.81. The van der Waals surface area contributed by atoms with Crippen LogP contribution in [0.3, 0.4) is 0 Å². The number of fused-ring (bicyclic) bond motifs is 1. The molecule has 1 aromatic rings. The lowest BCUT2D eigenvalue weighted by Gasteiger charge is -2.27. The zero-order valence-electron chi connectivity index (χ0n) is 12.5. The Bertz CT molecular complexity index is 654. The van der Waals surface area contributed by atoms with Crippen LogP contribution in [0.4, 0.5) is 5.69 Å². The van der Waals surface area contributed by atoms with E-state index in [0.717, 1.165) is 23.2 Å². The number of anilines is 1. The second-order valence-corrected chi connectivity index (χ2v) is 7.88. The Hall–Kier alpha value is -1.36. The Balaban J connectivity index is 1.59. The Kier molecular flexibility index (Phi) is 3.12. The molecular weight excluding hydrogens is 346 g/mol. The van der Waals surface area contributed by atoms with Crippen LogP contribution in [0, 0.1) is 37.5 Å². The molecule has 1 N–H and O–H groups in total. The Morgan fingerprint density at radius 1 is 1.23 bits per heavy atom. The van der Waals surface area contributed by atoms with Gasteiger partial charge in [-0.3, -0.25) is 9.59 Å². The van der Waals surface area contributed by atoms with E-state index < -0.39 is 0 Å². The van der Waals surface area contributed by atoms with E-state index in [0.29, 0.717) is 0 Å². The molecule has 4 nitrogen and oxygen atoms in total. The van der Waals surface area contributed by atoms with Gasteiger partial charge in [0.05, 0.1) is 16.7 Å². The van der Waals surface area contributed by atoms with Gasteiger partial charge in [0.1, 0.15) is 6.10 Å². The first-order valence-corrected chi connectivity index (χ1v) is 8.61. The van der Waals surface area contributed by atoms with Crippen LogP contribution >= 0.6 is 15.9 Å². The summed E-state index contributed by atoms with van der Waals surface area (Å²) in [6, 6.07) is 5.99. The van der Waals surface area contributed by atoms with Gasteiger partial charge in [-0.05, 0) is 49.4 Å². The smallest absolute Gasteiger partial charge is 0.310 e. The Morgan fingerprint density at radius 2 is 1.91 bits per heavy atom. The maximum Gasteiger partial charge on any atom is 0.310 e. The summed E-state index contributed by atoms with van der Waals surface area (Å²) in [6.07, 6.45) is 0.870. The summed E-state index contributed by atoms with van der Waals surface area (Å²) in [5.74, 6) is -0.380. The summed E-state index contributed by atoms with van der Waals surface area (Å²) >= 11 is 3.64. The zero-order valence-corrected chi connectivity index (χ0v) is 14.1. The highest BCUT2D eigenvalue weighted by molar-refractivity contribution is 9.09. The highest BCUT2D eigenvalue weighted by Gasteiger charge is 2.67. The van der Waals surface area contributed by atoms with E-state index in [1.165, 1.54) is 0 Å². The second kappa shape index (κ2) is 4.82. The summed E-state index contributed by atoms with van der Waals surface area (Å²) in [6.45, 7) is 4.02. The fourth-order valence-corrected chi connectivity index (χ4v) is 5.65. The molecule has 116 valence electrons. The lowest BCUT2D eigenvalue weighted by atomic mass is 9.79. The van der Waals surface area contributed by atoms with Crippen molar-refractivity contribution < 1.29 is 14.3 Å². The minimum atomic E-state index is -0.276. The quantitative estimate of drug-likeness (QED) is 0.649. The van der Waals surface area contributed by atoms with Gasteiger partial charge in [0.2, 0.25) is 5.91 Å². The van der Waals surface area contributed by atoms with Gasteiger partial charge in [0.15, 0.2) is 0 Å². The van der Waals surface area contributed by atoms with Gasteiger partial charge >= 0.3 is 5.97 Å². The van der Waals surface area contributed by atoms with Crippen LogP contribution in [-0.4, -0.2) is 22.8 Å². The van der Waals surface area contributed by atoms with E-state index in [4.69, 9.17) is 4.74 Å². The summed E-state index contributed by atoms with van der Waals surface area (Å²) in [5.41, 5.74) is 3.03. The third-order valence-corrected chi connectivity index (χ3v) is 6.52. The summed E-state index contributed by atoms with van der Waals surface area (Å²) < 4.78 is 5.45. The molecule has 0 spiro atoms. The molecule has 3 aliphatic rings. The highest BCUT2D eigenvalue weighted by Crippen LogP contribution is 2.60. The number of benzene rings is 1. The third kappa shape index (κ3) is 1.94. The van der Waals surface area contributed by atoms with Crippen molar-refractivity contribution in [1.82, 2.24) is 0 Å². The predicted molar refractivity (Wildman–Crippen MR) is 85.7 cm³/mol. The van der Waals surface area contributed by atoms with Crippen LogP contribution < -0.4 is 5.32 Å². The molecule has 1 aliphatic heterocycles. The number of rotatable bonds is 2. The first-order valence-electron chi connectivity index (χ1n) is 7.69. The van der Waals surface area contributed by atoms with Gasteiger partial charge < -0.3 is 10.1 Å². The fraction of sp³-hybridized carbons (Fsp3) is 0.529. The van der Waals surface area contributed by atoms with E-state index in [9.17, 15) is 9.59 Å². The van der Waals surface area contributed by atoms with Crippen LogP contribution in [0.2, 0.25) is 0 Å². The van der Waals surface area contributed by atoms with Crippen molar-refractivity contribution in [1.29, 1.82) is 0 Å². The summed E-state index contributed by atoms with van der Waals surface area (Å²) in [7, 11) is 0. The maximum absolute atomic E-state index is 12.8. The summed E-state index contributed by atoms with van der Waals surface area (Å²) in [5, 5.41) is 3.01. The summed E-state index contributed by atoms with van der Waals surface area (Å²) in [4.78, 5) is 25.0. The van der Waals surface area contributed by atoms with Crippen molar-refractivity contribution in [2.24, 2.45) is 23.7 Å². The van der Waals surface area contributed by atoms with E-state index in [1.807, 2.05) is 26.0 Å². The number of esters is 1. The highest BCUT2D eigenvalue weighted by atomic mass is 79.9. The number of hydrogen-bond acceptors (Lipinski definition) is 3. The molecule has 4 rings (SSSR count). The molecule has 2 bridgehead atoms. The van der Waals surface area contributed by atoms with E-state index in [2.05, 4.69) is 27.3 Å². The van der Waals surface area contributed by atoms with Gasteiger partial charge in [0, 0.05) is 11.6 Å². The average Bonchev–Trinajstić information content (AvgIpc) is 3.01. The first kappa shape index (κ1) is 14.2. The van der Waals surface area contributed by atoms with E-state index in [-0.39, 0.29) is 46.5 Å². The number of nitrogens with one attached hydrogen (secondary N) is 1. The number of alkyl halides is 1. The molecule has 0 radical (unpaired) electrons. The van der Waals surface area contributed by atoms with Crippen LogP contribution in [0.5, 0.6) is 0 Å². The average molecular weight is 364 g/mol. The van der Waals surface area contributed by atoms with Gasteiger partial charge in [-0.15, -0.1) is 0 Å². The van der Waals surface area contributed by atoms with Crippen molar-refractivity contribution in [2.75, 3.05) is 5.32 Å². The van der Waals surface area contributed by atoms with E-state index in [1.54, 1.807) is 0 Å². The fourth-order valence-electron chi connectivity index (χ4n) is 4.60. The minimum absolute atomic E-state index is 0.0345. The number of carbonyl (C=O) groups is 2. The maximum atomic E-state index is 12.8. The third-order valence-electron chi connectivity index (χ3n) is 5.32. The molecule has 0 unspecified atom stereocenters. The van der Waals surface area contributed by atoms with Crippen LogP contribution in [0.25, 0.3) is 0 Å². The van der Waals surface area contributed by atoms with Gasteiger partial charge in [-0.1, -0.05) is 22.0 Å². The molecule has 5 heteroatoms. The normalized spacial score (nSPS) is 38.2. The first-order chi connectivity index (χ1) is 10.5. The Labute approximate surface area is 137 Å². The van der Waals surface area contributed by atoms with Crippen LogP contribution in [0.15, 0.2) is 18.2 Å². The molecule has 2 aliphatic carbocycles. The molecule has 22 heavy (non-hydrogen) atoms. The number of amides is 1. The van der Waals surface area contributed by atoms with Crippen LogP contribution in [0.1, 0.15) is 17.5 Å². The molecule has 1 heterocycles. The van der Waals surface area contributed by atoms with Gasteiger partial charge in [-0.2, -0.15) is 0 Å². The van der Waals surface area contributed by atoms with Crippen molar-refractivity contribution >= 4 is 33.5 Å². The number of ether oxygens (including phenoxy) is 1.